The fourth-order valence-corrected chi connectivity index (χ4v) is 2.28. The largest absolute Gasteiger partial charge is 0.494 e. The van der Waals surface area contributed by atoms with Crippen molar-refractivity contribution in [3.8, 4) is 11.5 Å². The Labute approximate surface area is 126 Å². The van der Waals surface area contributed by atoms with Crippen LogP contribution in [-0.4, -0.2) is 20.3 Å². The molecule has 1 N–H and O–H groups in total. The van der Waals surface area contributed by atoms with Crippen molar-refractivity contribution in [1.82, 2.24) is 5.32 Å². The van der Waals surface area contributed by atoms with Crippen LogP contribution in [0.5, 0.6) is 11.5 Å². The predicted octanol–water partition coefficient (Wildman–Crippen LogP) is 3.81. The van der Waals surface area contributed by atoms with Gasteiger partial charge in [0.2, 0.25) is 0 Å². The third kappa shape index (κ3) is 4.80. The molecule has 3 nitrogen and oxygen atoms in total. The van der Waals surface area contributed by atoms with Crippen molar-refractivity contribution < 1.29 is 9.47 Å². The van der Waals surface area contributed by atoms with Crippen molar-refractivity contribution >= 4 is 0 Å². The zero-order valence-electron chi connectivity index (χ0n) is 12.7. The van der Waals surface area contributed by atoms with Gasteiger partial charge in [-0.05, 0) is 43.8 Å². The second-order valence-electron chi connectivity index (χ2n) is 4.80. The molecule has 112 valence electrons. The molecule has 0 aliphatic rings. The zero-order chi connectivity index (χ0) is 14.9. The summed E-state index contributed by atoms with van der Waals surface area (Å²) in [5.41, 5.74) is 1.22. The Bertz CT molecular complexity index is 528. The molecule has 0 heterocycles. The van der Waals surface area contributed by atoms with Gasteiger partial charge in [0.25, 0.3) is 0 Å². The average molecular weight is 285 g/mol. The summed E-state index contributed by atoms with van der Waals surface area (Å²) in [5.74, 6) is 1.83. The fourth-order valence-electron chi connectivity index (χ4n) is 2.28. The fraction of sp³-hybridized carbons (Fsp3) is 0.333. The summed E-state index contributed by atoms with van der Waals surface area (Å²) in [4.78, 5) is 0. The Kier molecular flexibility index (Phi) is 6.10. The second-order valence-corrected chi connectivity index (χ2v) is 4.80. The minimum Gasteiger partial charge on any atom is -0.494 e. The van der Waals surface area contributed by atoms with Gasteiger partial charge in [0.15, 0.2) is 0 Å². The van der Waals surface area contributed by atoms with E-state index in [1.54, 1.807) is 0 Å². The molecule has 2 aromatic rings. The molecular weight excluding hydrogens is 262 g/mol. The van der Waals surface area contributed by atoms with Crippen LogP contribution in [0.3, 0.4) is 0 Å². The van der Waals surface area contributed by atoms with Crippen LogP contribution < -0.4 is 14.8 Å². The van der Waals surface area contributed by atoms with E-state index in [4.69, 9.17) is 9.47 Å². The third-order valence-electron chi connectivity index (χ3n) is 3.34. The van der Waals surface area contributed by atoms with E-state index in [1.807, 2.05) is 56.4 Å². The van der Waals surface area contributed by atoms with Crippen molar-refractivity contribution in [1.29, 1.82) is 0 Å². The molecule has 3 heteroatoms. The zero-order valence-corrected chi connectivity index (χ0v) is 12.7. The normalized spacial score (nSPS) is 11.9. The molecule has 0 amide bonds. The van der Waals surface area contributed by atoms with Crippen molar-refractivity contribution in [2.45, 2.75) is 19.4 Å². The number of hydrogen-bond donors (Lipinski definition) is 1. The van der Waals surface area contributed by atoms with E-state index in [2.05, 4.69) is 17.4 Å². The van der Waals surface area contributed by atoms with Crippen LogP contribution in [0.15, 0.2) is 54.6 Å². The summed E-state index contributed by atoms with van der Waals surface area (Å²) < 4.78 is 11.3. The van der Waals surface area contributed by atoms with Crippen molar-refractivity contribution in [3.05, 3.63) is 60.2 Å². The molecule has 2 aromatic carbocycles. The summed E-state index contributed by atoms with van der Waals surface area (Å²) in [6.07, 6.45) is 0.904. The van der Waals surface area contributed by atoms with Gasteiger partial charge in [0.05, 0.1) is 13.2 Å². The number of hydrogen-bond acceptors (Lipinski definition) is 3. The summed E-state index contributed by atoms with van der Waals surface area (Å²) in [7, 11) is 1.97. The van der Waals surface area contributed by atoms with Gasteiger partial charge in [0.1, 0.15) is 11.5 Å². The van der Waals surface area contributed by atoms with Gasteiger partial charge < -0.3 is 14.8 Å². The highest BCUT2D eigenvalue weighted by Crippen LogP contribution is 2.22. The quantitative estimate of drug-likeness (QED) is 0.800. The summed E-state index contributed by atoms with van der Waals surface area (Å²) in [6.45, 7) is 3.36. The van der Waals surface area contributed by atoms with Crippen LogP contribution in [-0.2, 0) is 0 Å². The van der Waals surface area contributed by atoms with E-state index in [9.17, 15) is 0 Å². The van der Waals surface area contributed by atoms with Gasteiger partial charge in [-0.1, -0.05) is 30.3 Å². The van der Waals surface area contributed by atoms with Crippen molar-refractivity contribution in [2.24, 2.45) is 0 Å². The molecule has 0 saturated heterocycles. The minimum absolute atomic E-state index is 0.258. The van der Waals surface area contributed by atoms with E-state index in [1.165, 1.54) is 5.56 Å². The van der Waals surface area contributed by atoms with E-state index in [0.29, 0.717) is 13.2 Å². The van der Waals surface area contributed by atoms with Gasteiger partial charge in [-0.15, -0.1) is 0 Å². The molecule has 0 spiro atoms. The first kappa shape index (κ1) is 15.4. The van der Waals surface area contributed by atoms with Crippen LogP contribution >= 0.6 is 0 Å². The first-order valence-corrected chi connectivity index (χ1v) is 7.41. The van der Waals surface area contributed by atoms with E-state index < -0.39 is 0 Å². The maximum Gasteiger partial charge on any atom is 0.119 e. The number of benzene rings is 2. The molecule has 0 radical (unpaired) electrons. The molecule has 0 aliphatic carbocycles. The van der Waals surface area contributed by atoms with E-state index >= 15 is 0 Å². The Morgan fingerprint density at radius 2 is 1.71 bits per heavy atom. The minimum atomic E-state index is 0.258. The maximum absolute atomic E-state index is 5.77. The molecule has 21 heavy (non-hydrogen) atoms. The standard InChI is InChI=1S/C18H23NO2/c1-3-20-17-11-7-8-15(14-17)18(19-2)12-13-21-16-9-5-4-6-10-16/h4-11,14,18-19H,3,12-13H2,1-2H3. The van der Waals surface area contributed by atoms with Crippen LogP contribution in [0.1, 0.15) is 24.9 Å². The lowest BCUT2D eigenvalue weighted by Crippen LogP contribution is -2.19. The highest BCUT2D eigenvalue weighted by Gasteiger charge is 2.10. The van der Waals surface area contributed by atoms with Crippen LogP contribution in [0.4, 0.5) is 0 Å². The first-order chi connectivity index (χ1) is 10.3. The number of rotatable bonds is 8. The number of ether oxygens (including phenoxy) is 2. The second kappa shape index (κ2) is 8.32. The SMILES string of the molecule is CCOc1cccc(C(CCOc2ccccc2)NC)c1. The number of para-hydroxylation sites is 1. The highest BCUT2D eigenvalue weighted by atomic mass is 16.5. The third-order valence-corrected chi connectivity index (χ3v) is 3.34. The van der Waals surface area contributed by atoms with Crippen molar-refractivity contribution in [3.63, 3.8) is 0 Å². The molecule has 1 unspecified atom stereocenters. The van der Waals surface area contributed by atoms with Crippen LogP contribution in [0.25, 0.3) is 0 Å². The molecule has 0 saturated carbocycles. The van der Waals surface area contributed by atoms with E-state index in [0.717, 1.165) is 17.9 Å². The molecule has 1 atom stereocenters. The molecule has 0 aliphatic heterocycles. The molecule has 0 bridgehead atoms. The Morgan fingerprint density at radius 3 is 2.43 bits per heavy atom. The van der Waals surface area contributed by atoms with E-state index in [-0.39, 0.29) is 6.04 Å². The van der Waals surface area contributed by atoms with Crippen molar-refractivity contribution in [2.75, 3.05) is 20.3 Å². The highest BCUT2D eigenvalue weighted by molar-refractivity contribution is 5.30. The Morgan fingerprint density at radius 1 is 0.952 bits per heavy atom. The smallest absolute Gasteiger partial charge is 0.119 e. The monoisotopic (exact) mass is 285 g/mol. The molecule has 0 fully saturated rings. The number of nitrogens with one attached hydrogen (secondary N) is 1. The maximum atomic E-state index is 5.77. The lowest BCUT2D eigenvalue weighted by atomic mass is 10.0. The Hall–Kier alpha value is -2.00. The predicted molar refractivity (Wildman–Crippen MR) is 86.0 cm³/mol. The summed E-state index contributed by atoms with van der Waals surface area (Å²) in [6, 6.07) is 18.4. The lowest BCUT2D eigenvalue weighted by molar-refractivity contribution is 0.289. The molecular formula is C18H23NO2. The molecule has 2 rings (SSSR count). The van der Waals surface area contributed by atoms with Gasteiger partial charge in [-0.3, -0.25) is 0 Å². The lowest BCUT2D eigenvalue weighted by Gasteiger charge is -2.18. The van der Waals surface area contributed by atoms with Gasteiger partial charge in [-0.25, -0.2) is 0 Å². The van der Waals surface area contributed by atoms with Gasteiger partial charge >= 0.3 is 0 Å². The van der Waals surface area contributed by atoms with Crippen LogP contribution in [0.2, 0.25) is 0 Å². The summed E-state index contributed by atoms with van der Waals surface area (Å²) >= 11 is 0. The first-order valence-electron chi connectivity index (χ1n) is 7.41. The summed E-state index contributed by atoms with van der Waals surface area (Å²) in [5, 5.41) is 3.34. The molecule has 0 aromatic heterocycles. The average Bonchev–Trinajstić information content (AvgIpc) is 2.53. The topological polar surface area (TPSA) is 30.5 Å². The van der Waals surface area contributed by atoms with Gasteiger partial charge in [0, 0.05) is 12.5 Å². The Balaban J connectivity index is 1.91. The van der Waals surface area contributed by atoms with Crippen LogP contribution in [0, 0.1) is 0 Å². The van der Waals surface area contributed by atoms with Gasteiger partial charge in [-0.2, -0.15) is 0 Å².